The van der Waals surface area contributed by atoms with E-state index in [4.69, 9.17) is 0 Å². The van der Waals surface area contributed by atoms with Crippen LogP contribution in [0.2, 0.25) is 0 Å². The van der Waals surface area contributed by atoms with E-state index in [0.29, 0.717) is 22.7 Å². The summed E-state index contributed by atoms with van der Waals surface area (Å²) in [6.45, 7) is -0.179. The summed E-state index contributed by atoms with van der Waals surface area (Å²) in [5.74, 6) is -0.490. The molecule has 0 fully saturated rings. The van der Waals surface area contributed by atoms with Gasteiger partial charge in [-0.25, -0.2) is 9.67 Å². The van der Waals surface area contributed by atoms with Crippen LogP contribution in [0, 0.1) is 0 Å². The Morgan fingerprint density at radius 1 is 1.17 bits per heavy atom. The maximum absolute atomic E-state index is 12.3. The molecule has 0 atom stereocenters. The zero-order valence-electron chi connectivity index (χ0n) is 15.1. The highest BCUT2D eigenvalue weighted by Crippen LogP contribution is 2.31. The third-order valence-corrected chi connectivity index (χ3v) is 5.19. The number of thioether (sulfide) groups is 1. The molecular weight excluding hydrogens is 392 g/mol. The fourth-order valence-corrected chi connectivity index (χ4v) is 3.52. The zero-order valence-corrected chi connectivity index (χ0v) is 15.9. The Labute approximate surface area is 169 Å². The van der Waals surface area contributed by atoms with Crippen LogP contribution < -0.4 is 16.0 Å². The first kappa shape index (κ1) is 18.7. The Kier molecular flexibility index (Phi) is 5.25. The summed E-state index contributed by atoms with van der Waals surface area (Å²) in [7, 11) is 0. The summed E-state index contributed by atoms with van der Waals surface area (Å²) in [4.78, 5) is 40.7. The van der Waals surface area contributed by atoms with Crippen molar-refractivity contribution in [2.45, 2.75) is 4.90 Å². The van der Waals surface area contributed by atoms with E-state index in [-0.39, 0.29) is 18.4 Å². The first-order valence-corrected chi connectivity index (χ1v) is 9.67. The van der Waals surface area contributed by atoms with Gasteiger partial charge in [0.1, 0.15) is 12.7 Å². The van der Waals surface area contributed by atoms with Gasteiger partial charge in [-0.1, -0.05) is 0 Å². The maximum Gasteiger partial charge on any atom is 0.251 e. The molecule has 0 radical (unpaired) electrons. The molecule has 146 valence electrons. The molecule has 2 heterocycles. The second-order valence-corrected chi connectivity index (χ2v) is 7.18. The predicted molar refractivity (Wildman–Crippen MR) is 108 cm³/mol. The van der Waals surface area contributed by atoms with Crippen molar-refractivity contribution in [2.75, 3.05) is 22.9 Å². The van der Waals surface area contributed by atoms with Crippen LogP contribution in [0.15, 0.2) is 60.0 Å². The third kappa shape index (κ3) is 4.43. The van der Waals surface area contributed by atoms with Gasteiger partial charge in [-0.2, -0.15) is 5.10 Å². The fraction of sp³-hybridized carbons (Fsp3) is 0.105. The van der Waals surface area contributed by atoms with Crippen molar-refractivity contribution < 1.29 is 14.4 Å². The smallest absolute Gasteiger partial charge is 0.251 e. The van der Waals surface area contributed by atoms with Crippen LogP contribution in [0.1, 0.15) is 10.4 Å². The Hall–Kier alpha value is -3.66. The average molecular weight is 408 g/mol. The Bertz CT molecular complexity index is 1070. The van der Waals surface area contributed by atoms with Crippen molar-refractivity contribution in [3.8, 4) is 5.69 Å². The molecule has 3 aromatic rings. The number of rotatable bonds is 5. The number of carbonyl (C=O) groups excluding carboxylic acids is 3. The number of hydrogen-bond acceptors (Lipinski definition) is 6. The second-order valence-electron chi connectivity index (χ2n) is 6.17. The van der Waals surface area contributed by atoms with Crippen LogP contribution >= 0.6 is 11.8 Å². The van der Waals surface area contributed by atoms with Crippen LogP contribution in [0.3, 0.4) is 0 Å². The Balaban J connectivity index is 1.32. The van der Waals surface area contributed by atoms with Crippen molar-refractivity contribution in [1.29, 1.82) is 0 Å². The van der Waals surface area contributed by atoms with E-state index in [1.165, 1.54) is 18.1 Å². The molecule has 2 aromatic carbocycles. The van der Waals surface area contributed by atoms with Gasteiger partial charge in [0.05, 0.1) is 23.7 Å². The van der Waals surface area contributed by atoms with Crippen molar-refractivity contribution in [1.82, 2.24) is 20.1 Å². The normalized spacial score (nSPS) is 12.6. The summed E-state index contributed by atoms with van der Waals surface area (Å²) in [6, 6.07) is 12.1. The molecule has 29 heavy (non-hydrogen) atoms. The molecule has 4 rings (SSSR count). The number of nitrogens with zero attached hydrogens (tertiary/aromatic N) is 3. The lowest BCUT2D eigenvalue weighted by atomic mass is 10.2. The standard InChI is InChI=1S/C19H16N6O3S/c26-17(23-13-2-4-14(5-3-13)25-11-20-10-22-25)8-21-19(28)12-1-6-16-15(7-12)24-18(27)9-29-16/h1-7,10-11H,8-9H2,(H,21,28)(H,23,26)(H,24,27). The number of hydrogen-bond donors (Lipinski definition) is 3. The minimum absolute atomic E-state index is 0.103. The number of benzene rings is 2. The largest absolute Gasteiger partial charge is 0.343 e. The van der Waals surface area contributed by atoms with Crippen LogP contribution in [-0.4, -0.2) is 44.8 Å². The lowest BCUT2D eigenvalue weighted by Gasteiger charge is -2.16. The number of amides is 3. The highest BCUT2D eigenvalue weighted by molar-refractivity contribution is 8.00. The summed E-state index contributed by atoms with van der Waals surface area (Å²) in [5, 5.41) is 12.1. The lowest BCUT2D eigenvalue weighted by Crippen LogP contribution is -2.33. The predicted octanol–water partition coefficient (Wildman–Crippen LogP) is 1.68. The summed E-state index contributed by atoms with van der Waals surface area (Å²) in [6.07, 6.45) is 3.02. The van der Waals surface area contributed by atoms with Gasteiger partial charge in [0, 0.05) is 16.1 Å². The van der Waals surface area contributed by atoms with E-state index >= 15 is 0 Å². The van der Waals surface area contributed by atoms with Crippen LogP contribution in [-0.2, 0) is 9.59 Å². The molecule has 3 amide bonds. The Morgan fingerprint density at radius 3 is 2.76 bits per heavy atom. The summed E-state index contributed by atoms with van der Waals surface area (Å²) < 4.78 is 1.60. The number of anilines is 2. The SMILES string of the molecule is O=C(CNC(=O)c1ccc2c(c1)NC(=O)CS2)Nc1ccc(-n2cncn2)cc1. The second kappa shape index (κ2) is 8.15. The minimum atomic E-state index is -0.394. The van der Waals surface area contributed by atoms with E-state index in [1.807, 2.05) is 0 Å². The first-order chi connectivity index (χ1) is 14.1. The van der Waals surface area contributed by atoms with E-state index in [1.54, 1.807) is 53.5 Å². The van der Waals surface area contributed by atoms with Crippen molar-refractivity contribution in [3.05, 3.63) is 60.7 Å². The molecule has 0 unspecified atom stereocenters. The Morgan fingerprint density at radius 2 is 2.00 bits per heavy atom. The van der Waals surface area contributed by atoms with Crippen molar-refractivity contribution in [3.63, 3.8) is 0 Å². The molecule has 1 aliphatic rings. The lowest BCUT2D eigenvalue weighted by molar-refractivity contribution is -0.115. The maximum atomic E-state index is 12.3. The van der Waals surface area contributed by atoms with Gasteiger partial charge in [-0.05, 0) is 42.5 Å². The van der Waals surface area contributed by atoms with Crippen LogP contribution in [0.5, 0.6) is 0 Å². The van der Waals surface area contributed by atoms with Gasteiger partial charge < -0.3 is 16.0 Å². The number of carbonyl (C=O) groups is 3. The zero-order chi connectivity index (χ0) is 20.2. The number of fused-ring (bicyclic) bond motifs is 1. The fourth-order valence-electron chi connectivity index (χ4n) is 2.73. The van der Waals surface area contributed by atoms with Gasteiger partial charge in [0.25, 0.3) is 5.91 Å². The molecule has 0 saturated heterocycles. The minimum Gasteiger partial charge on any atom is -0.343 e. The van der Waals surface area contributed by atoms with Gasteiger partial charge in [-0.3, -0.25) is 14.4 Å². The highest BCUT2D eigenvalue weighted by Gasteiger charge is 2.17. The van der Waals surface area contributed by atoms with Gasteiger partial charge in [0.2, 0.25) is 11.8 Å². The monoisotopic (exact) mass is 408 g/mol. The van der Waals surface area contributed by atoms with E-state index in [9.17, 15) is 14.4 Å². The number of nitrogens with one attached hydrogen (secondary N) is 3. The average Bonchev–Trinajstić information content (AvgIpc) is 3.27. The highest BCUT2D eigenvalue weighted by atomic mass is 32.2. The van der Waals surface area contributed by atoms with E-state index in [0.717, 1.165) is 10.6 Å². The molecule has 0 saturated carbocycles. The van der Waals surface area contributed by atoms with Gasteiger partial charge >= 0.3 is 0 Å². The van der Waals surface area contributed by atoms with Gasteiger partial charge in [-0.15, -0.1) is 11.8 Å². The molecule has 9 nitrogen and oxygen atoms in total. The van der Waals surface area contributed by atoms with Crippen molar-refractivity contribution >= 4 is 40.9 Å². The topological polar surface area (TPSA) is 118 Å². The molecule has 0 spiro atoms. The molecular formula is C19H16N6O3S. The third-order valence-electron chi connectivity index (χ3n) is 4.12. The van der Waals surface area contributed by atoms with Crippen LogP contribution in [0.4, 0.5) is 11.4 Å². The van der Waals surface area contributed by atoms with Crippen molar-refractivity contribution in [2.24, 2.45) is 0 Å². The molecule has 1 aromatic heterocycles. The molecule has 1 aliphatic heterocycles. The van der Waals surface area contributed by atoms with E-state index < -0.39 is 5.91 Å². The molecule has 10 heteroatoms. The first-order valence-electron chi connectivity index (χ1n) is 8.68. The summed E-state index contributed by atoms with van der Waals surface area (Å²) in [5.41, 5.74) is 2.39. The molecule has 3 N–H and O–H groups in total. The van der Waals surface area contributed by atoms with Crippen LogP contribution in [0.25, 0.3) is 5.69 Å². The number of aromatic nitrogens is 3. The quantitative estimate of drug-likeness (QED) is 0.591. The molecule has 0 aliphatic carbocycles. The molecule has 0 bridgehead atoms. The summed E-state index contributed by atoms with van der Waals surface area (Å²) >= 11 is 1.42. The van der Waals surface area contributed by atoms with E-state index in [2.05, 4.69) is 26.0 Å². The van der Waals surface area contributed by atoms with Gasteiger partial charge in [0.15, 0.2) is 0 Å².